The van der Waals surface area contributed by atoms with Crippen LogP contribution < -0.4 is 5.32 Å². The Morgan fingerprint density at radius 2 is 1.41 bits per heavy atom. The first-order chi connectivity index (χ1) is 9.72. The summed E-state index contributed by atoms with van der Waals surface area (Å²) in [6.45, 7) is 17.0. The van der Waals surface area contributed by atoms with E-state index in [0.717, 1.165) is 26.1 Å². The van der Waals surface area contributed by atoms with Gasteiger partial charge in [0, 0.05) is 25.2 Å². The molecule has 0 saturated heterocycles. The minimum atomic E-state index is -0.0446. The third-order valence-electron chi connectivity index (χ3n) is 1.91. The van der Waals surface area contributed by atoms with Gasteiger partial charge in [-0.3, -0.25) is 4.79 Å². The predicted molar refractivity (Wildman–Crippen MR) is 106 cm³/mol. The van der Waals surface area contributed by atoms with Gasteiger partial charge in [-0.25, -0.2) is 0 Å². The molecule has 0 aromatic heterocycles. The number of hydrogen-bond donors (Lipinski definition) is 1. The van der Waals surface area contributed by atoms with Gasteiger partial charge in [-0.1, -0.05) is 25.7 Å². The van der Waals surface area contributed by atoms with Gasteiger partial charge in [0.25, 0.3) is 0 Å². The van der Waals surface area contributed by atoms with Crippen molar-refractivity contribution in [1.82, 2.24) is 15.1 Å². The minimum absolute atomic E-state index is 0. The van der Waals surface area contributed by atoms with Crippen molar-refractivity contribution in [2.24, 2.45) is 0 Å². The van der Waals surface area contributed by atoms with E-state index < -0.39 is 0 Å². The SMILES string of the molecule is Br.C=C(C)C(=O)NCCC.C=CCN(C)C.C=CCN(C)C. The quantitative estimate of drug-likeness (QED) is 0.546. The molecule has 22 heavy (non-hydrogen) atoms. The van der Waals surface area contributed by atoms with E-state index >= 15 is 0 Å². The molecule has 0 bridgehead atoms. The number of nitrogens with one attached hydrogen (secondary N) is 1. The summed E-state index contributed by atoms with van der Waals surface area (Å²) in [6, 6.07) is 0. The molecular formula is C17H36BrN3O. The van der Waals surface area contributed by atoms with Crippen LogP contribution in [-0.4, -0.2) is 63.5 Å². The summed E-state index contributed by atoms with van der Waals surface area (Å²) in [5, 5.41) is 2.69. The molecule has 5 heteroatoms. The smallest absolute Gasteiger partial charge is 0.246 e. The van der Waals surface area contributed by atoms with Gasteiger partial charge in [0.1, 0.15) is 0 Å². The van der Waals surface area contributed by atoms with Crippen molar-refractivity contribution in [2.75, 3.05) is 47.8 Å². The standard InChI is InChI=1S/C7H13NO.2C5H11N.BrH/c1-4-5-8-7(9)6(2)3;2*1-4-5-6(2)3;/h2,4-5H2,1,3H3,(H,8,9);2*4H,1,5H2,2-3H3;1H. The molecule has 0 aromatic rings. The lowest BCUT2D eigenvalue weighted by molar-refractivity contribution is -0.117. The highest BCUT2D eigenvalue weighted by Gasteiger charge is 1.96. The van der Waals surface area contributed by atoms with Crippen molar-refractivity contribution < 1.29 is 4.79 Å². The number of halogens is 1. The first-order valence-corrected chi connectivity index (χ1v) is 7.17. The molecular weight excluding hydrogens is 342 g/mol. The normalized spacial score (nSPS) is 8.55. The maximum atomic E-state index is 10.7. The summed E-state index contributed by atoms with van der Waals surface area (Å²) in [5.41, 5.74) is 0.573. The molecule has 1 amide bonds. The molecule has 4 nitrogen and oxygen atoms in total. The van der Waals surface area contributed by atoms with Gasteiger partial charge >= 0.3 is 0 Å². The van der Waals surface area contributed by atoms with Gasteiger partial charge in [-0.15, -0.1) is 30.1 Å². The fraction of sp³-hybridized carbons (Fsp3) is 0.588. The molecule has 0 fully saturated rings. The second kappa shape index (κ2) is 22.4. The molecule has 0 saturated carbocycles. The number of nitrogens with zero attached hydrogens (tertiary/aromatic N) is 2. The van der Waals surface area contributed by atoms with Crippen LogP contribution in [0.1, 0.15) is 20.3 Å². The fourth-order valence-electron chi connectivity index (χ4n) is 0.906. The van der Waals surface area contributed by atoms with Crippen LogP contribution in [0.3, 0.4) is 0 Å². The lowest BCUT2D eigenvalue weighted by Gasteiger charge is -2.01. The van der Waals surface area contributed by atoms with E-state index in [-0.39, 0.29) is 22.9 Å². The average molecular weight is 378 g/mol. The van der Waals surface area contributed by atoms with E-state index in [2.05, 4.69) is 34.9 Å². The molecule has 0 aromatic carbocycles. The van der Waals surface area contributed by atoms with Gasteiger partial charge in [-0.05, 0) is 41.5 Å². The number of likely N-dealkylation sites (N-methyl/N-ethyl adjacent to an activating group) is 2. The van der Waals surface area contributed by atoms with Gasteiger partial charge in [0.2, 0.25) is 5.91 Å². The summed E-state index contributed by atoms with van der Waals surface area (Å²) >= 11 is 0. The fourth-order valence-corrected chi connectivity index (χ4v) is 0.906. The lowest BCUT2D eigenvalue weighted by Crippen LogP contribution is -2.24. The van der Waals surface area contributed by atoms with E-state index in [1.54, 1.807) is 6.92 Å². The van der Waals surface area contributed by atoms with Crippen LogP contribution in [0.15, 0.2) is 37.5 Å². The predicted octanol–water partition coefficient (Wildman–Crippen LogP) is 3.13. The first kappa shape index (κ1) is 29.1. The van der Waals surface area contributed by atoms with E-state index in [9.17, 15) is 4.79 Å². The van der Waals surface area contributed by atoms with Crippen LogP contribution in [-0.2, 0) is 4.79 Å². The Kier molecular flexibility index (Phi) is 29.6. The van der Waals surface area contributed by atoms with Crippen molar-refractivity contribution in [3.63, 3.8) is 0 Å². The van der Waals surface area contributed by atoms with E-state index in [4.69, 9.17) is 0 Å². The zero-order chi connectivity index (χ0) is 17.3. The molecule has 0 aliphatic rings. The molecule has 0 spiro atoms. The monoisotopic (exact) mass is 377 g/mol. The highest BCUT2D eigenvalue weighted by atomic mass is 79.9. The van der Waals surface area contributed by atoms with Gasteiger partial charge < -0.3 is 15.1 Å². The number of rotatable bonds is 7. The molecule has 0 aliphatic carbocycles. The van der Waals surface area contributed by atoms with Gasteiger partial charge in [-0.2, -0.15) is 0 Å². The summed E-state index contributed by atoms with van der Waals surface area (Å²) in [7, 11) is 8.06. The van der Waals surface area contributed by atoms with Crippen molar-refractivity contribution >= 4 is 22.9 Å². The van der Waals surface area contributed by atoms with Crippen molar-refractivity contribution in [2.45, 2.75) is 20.3 Å². The zero-order valence-corrected chi connectivity index (χ0v) is 17.0. The van der Waals surface area contributed by atoms with Crippen LogP contribution in [0.2, 0.25) is 0 Å². The highest BCUT2D eigenvalue weighted by Crippen LogP contribution is 1.84. The molecule has 1 N–H and O–H groups in total. The van der Waals surface area contributed by atoms with E-state index in [1.807, 2.05) is 47.3 Å². The molecule has 132 valence electrons. The molecule has 0 unspecified atom stereocenters. The lowest BCUT2D eigenvalue weighted by atomic mass is 10.3. The van der Waals surface area contributed by atoms with Crippen LogP contribution >= 0.6 is 17.0 Å². The zero-order valence-electron chi connectivity index (χ0n) is 15.3. The molecule has 0 atom stereocenters. The van der Waals surface area contributed by atoms with Gasteiger partial charge in [0.05, 0.1) is 0 Å². The molecule has 0 radical (unpaired) electrons. The Labute approximate surface area is 148 Å². The summed E-state index contributed by atoms with van der Waals surface area (Å²) in [5.74, 6) is -0.0446. The van der Waals surface area contributed by atoms with Gasteiger partial charge in [0.15, 0.2) is 0 Å². The summed E-state index contributed by atoms with van der Waals surface area (Å²) < 4.78 is 0. The number of hydrogen-bond acceptors (Lipinski definition) is 3. The average Bonchev–Trinajstić information content (AvgIpc) is 2.36. The molecule has 0 rings (SSSR count). The molecule has 0 heterocycles. The third kappa shape index (κ3) is 36.5. The first-order valence-electron chi connectivity index (χ1n) is 7.17. The van der Waals surface area contributed by atoms with E-state index in [0.29, 0.717) is 5.57 Å². The summed E-state index contributed by atoms with van der Waals surface area (Å²) in [4.78, 5) is 14.8. The second-order valence-corrected chi connectivity index (χ2v) is 5.14. The third-order valence-corrected chi connectivity index (χ3v) is 1.91. The topological polar surface area (TPSA) is 35.6 Å². The second-order valence-electron chi connectivity index (χ2n) is 5.14. The Morgan fingerprint density at radius 1 is 1.05 bits per heavy atom. The van der Waals surface area contributed by atoms with Crippen molar-refractivity contribution in [3.8, 4) is 0 Å². The highest BCUT2D eigenvalue weighted by molar-refractivity contribution is 8.93. The maximum Gasteiger partial charge on any atom is 0.246 e. The van der Waals surface area contributed by atoms with Crippen molar-refractivity contribution in [1.29, 1.82) is 0 Å². The summed E-state index contributed by atoms with van der Waals surface area (Å²) in [6.07, 6.45) is 4.72. The van der Waals surface area contributed by atoms with Crippen molar-refractivity contribution in [3.05, 3.63) is 37.5 Å². The Balaban J connectivity index is -0.000000112. The number of amides is 1. The number of carbonyl (C=O) groups is 1. The number of carbonyl (C=O) groups excluding carboxylic acids is 1. The minimum Gasteiger partial charge on any atom is -0.352 e. The Morgan fingerprint density at radius 3 is 1.55 bits per heavy atom. The van der Waals surface area contributed by atoms with Crippen LogP contribution in [0.25, 0.3) is 0 Å². The Bertz CT molecular complexity index is 276. The van der Waals surface area contributed by atoms with E-state index in [1.165, 1.54) is 0 Å². The molecule has 0 aliphatic heterocycles. The maximum absolute atomic E-state index is 10.7. The van der Waals surface area contributed by atoms with Crippen LogP contribution in [0.4, 0.5) is 0 Å². The van der Waals surface area contributed by atoms with Crippen LogP contribution in [0, 0.1) is 0 Å². The largest absolute Gasteiger partial charge is 0.352 e. The Hall–Kier alpha value is -0.910. The van der Waals surface area contributed by atoms with Crippen LogP contribution in [0.5, 0.6) is 0 Å².